The van der Waals surface area contributed by atoms with Crippen LogP contribution in [0.1, 0.15) is 59.8 Å². The number of amides is 1. The van der Waals surface area contributed by atoms with Gasteiger partial charge in [-0.2, -0.15) is 0 Å². The maximum absolute atomic E-state index is 13.8. The highest BCUT2D eigenvalue weighted by molar-refractivity contribution is 7.91. The van der Waals surface area contributed by atoms with Gasteiger partial charge in [-0.05, 0) is 83.3 Å². The molecule has 9 heteroatoms. The lowest BCUT2D eigenvalue weighted by Crippen LogP contribution is -2.70. The highest BCUT2D eigenvalue weighted by Crippen LogP contribution is 2.70. The van der Waals surface area contributed by atoms with Crippen molar-refractivity contribution in [2.24, 2.45) is 11.3 Å². The van der Waals surface area contributed by atoms with Gasteiger partial charge in [-0.1, -0.05) is 12.1 Å². The lowest BCUT2D eigenvalue weighted by atomic mass is 9.42. The SMILES string of the molecule is CC1(C)OB(c2ccc(S(=O)(=O)CC3CCN(C(=O)C45CC(F)(C4)C5)CC3)cc2)OC1(C)C. The molecule has 2 bridgehead atoms. The summed E-state index contributed by atoms with van der Waals surface area (Å²) in [5.41, 5.74) is -1.65. The number of carbonyl (C=O) groups excluding carboxylic acids is 1. The molecule has 5 aliphatic rings. The summed E-state index contributed by atoms with van der Waals surface area (Å²) in [6.07, 6.45) is 2.43. The second kappa shape index (κ2) is 7.28. The zero-order chi connectivity index (χ0) is 23.9. The van der Waals surface area contributed by atoms with Crippen molar-refractivity contribution in [3.8, 4) is 0 Å². The quantitative estimate of drug-likeness (QED) is 0.610. The Labute approximate surface area is 196 Å². The van der Waals surface area contributed by atoms with Gasteiger partial charge in [-0.3, -0.25) is 4.79 Å². The van der Waals surface area contributed by atoms with Crippen molar-refractivity contribution in [3.05, 3.63) is 24.3 Å². The molecule has 5 fully saturated rings. The molecule has 0 radical (unpaired) electrons. The molecule has 1 amide bonds. The first-order valence-corrected chi connectivity index (χ1v) is 13.6. The van der Waals surface area contributed by atoms with Crippen LogP contribution in [0.25, 0.3) is 0 Å². The summed E-state index contributed by atoms with van der Waals surface area (Å²) in [5.74, 6) is 0.160. The average molecular weight is 477 g/mol. The standard InChI is InChI=1S/C24H33BFNO5S/c1-21(2)22(3,4)32-25(31-21)18-5-7-19(8-6-18)33(29,30)13-17-9-11-27(12-10-17)20(28)23-14-24(26,15-23)16-23/h5-8,17H,9-16H2,1-4H3. The third kappa shape index (κ3) is 3.84. The minimum atomic E-state index is -3.44. The number of alkyl halides is 1. The number of hydrogen-bond donors (Lipinski definition) is 0. The maximum atomic E-state index is 13.8. The van der Waals surface area contributed by atoms with Gasteiger partial charge < -0.3 is 14.2 Å². The van der Waals surface area contributed by atoms with Gasteiger partial charge in [0.15, 0.2) is 9.84 Å². The molecule has 0 N–H and O–H groups in total. The van der Waals surface area contributed by atoms with Crippen molar-refractivity contribution in [1.29, 1.82) is 0 Å². The van der Waals surface area contributed by atoms with E-state index in [0.717, 1.165) is 5.46 Å². The van der Waals surface area contributed by atoms with Gasteiger partial charge in [-0.15, -0.1) is 0 Å². The number of benzene rings is 1. The fraction of sp³-hybridized carbons (Fsp3) is 0.708. The van der Waals surface area contributed by atoms with E-state index in [1.54, 1.807) is 24.3 Å². The van der Waals surface area contributed by atoms with Crippen LogP contribution < -0.4 is 5.46 Å². The van der Waals surface area contributed by atoms with E-state index >= 15 is 0 Å². The third-order valence-corrected chi connectivity index (χ3v) is 10.4. The molecule has 3 saturated carbocycles. The molecule has 1 aromatic carbocycles. The molecule has 2 heterocycles. The number of nitrogens with zero attached hydrogens (tertiary/aromatic N) is 1. The van der Waals surface area contributed by atoms with Crippen LogP contribution in [0.3, 0.4) is 0 Å². The number of likely N-dealkylation sites (tertiary alicyclic amines) is 1. The molecule has 2 saturated heterocycles. The van der Waals surface area contributed by atoms with Crippen molar-refractivity contribution in [3.63, 3.8) is 0 Å². The molecule has 180 valence electrons. The molecule has 0 spiro atoms. The molecule has 33 heavy (non-hydrogen) atoms. The zero-order valence-electron chi connectivity index (χ0n) is 19.9. The Morgan fingerprint density at radius 2 is 1.55 bits per heavy atom. The molecule has 6 rings (SSSR count). The van der Waals surface area contributed by atoms with Crippen LogP contribution >= 0.6 is 0 Å². The Balaban J connectivity index is 1.17. The van der Waals surface area contributed by atoms with Crippen molar-refractivity contribution < 1.29 is 26.9 Å². The van der Waals surface area contributed by atoms with E-state index < -0.39 is 39.2 Å². The lowest BCUT2D eigenvalue weighted by Gasteiger charge is -2.65. The van der Waals surface area contributed by atoms with Crippen molar-refractivity contribution >= 4 is 28.3 Å². The number of halogens is 1. The van der Waals surface area contributed by atoms with Gasteiger partial charge in [0.1, 0.15) is 5.67 Å². The molecule has 2 aliphatic heterocycles. The van der Waals surface area contributed by atoms with E-state index in [-0.39, 0.29) is 17.6 Å². The number of carbonyl (C=O) groups is 1. The minimum Gasteiger partial charge on any atom is -0.399 e. The molecule has 0 atom stereocenters. The normalized spacial score (nSPS) is 32.9. The van der Waals surface area contributed by atoms with Crippen molar-refractivity contribution in [1.82, 2.24) is 4.90 Å². The number of hydrogen-bond acceptors (Lipinski definition) is 5. The smallest absolute Gasteiger partial charge is 0.399 e. The van der Waals surface area contributed by atoms with Crippen molar-refractivity contribution in [2.75, 3.05) is 18.8 Å². The van der Waals surface area contributed by atoms with Crippen LogP contribution in [0, 0.1) is 11.3 Å². The van der Waals surface area contributed by atoms with E-state index in [0.29, 0.717) is 50.1 Å². The van der Waals surface area contributed by atoms with Crippen LogP contribution in [0.15, 0.2) is 29.2 Å². The first-order valence-electron chi connectivity index (χ1n) is 11.9. The molecule has 1 aromatic rings. The van der Waals surface area contributed by atoms with Gasteiger partial charge in [0.25, 0.3) is 0 Å². The average Bonchev–Trinajstić information content (AvgIpc) is 2.92. The summed E-state index contributed by atoms with van der Waals surface area (Å²) in [4.78, 5) is 14.9. The molecular weight excluding hydrogens is 444 g/mol. The zero-order valence-corrected chi connectivity index (χ0v) is 20.7. The van der Waals surface area contributed by atoms with Crippen LogP contribution in [0.4, 0.5) is 4.39 Å². The lowest BCUT2D eigenvalue weighted by molar-refractivity contribution is -0.222. The summed E-state index contributed by atoms with van der Waals surface area (Å²) in [5, 5.41) is 0. The third-order valence-electron chi connectivity index (χ3n) is 8.54. The second-order valence-electron chi connectivity index (χ2n) is 11.6. The topological polar surface area (TPSA) is 72.9 Å². The van der Waals surface area contributed by atoms with Crippen LogP contribution in [-0.2, 0) is 23.9 Å². The highest BCUT2D eigenvalue weighted by Gasteiger charge is 2.73. The van der Waals surface area contributed by atoms with Gasteiger partial charge in [0.2, 0.25) is 5.91 Å². The predicted octanol–water partition coefficient (Wildman–Crippen LogP) is 2.89. The van der Waals surface area contributed by atoms with E-state index in [4.69, 9.17) is 9.31 Å². The Morgan fingerprint density at radius 1 is 1.03 bits per heavy atom. The minimum absolute atomic E-state index is 0.0161. The van der Waals surface area contributed by atoms with Crippen LogP contribution in [-0.4, -0.2) is 62.1 Å². The maximum Gasteiger partial charge on any atom is 0.494 e. The fourth-order valence-electron chi connectivity index (χ4n) is 5.75. The summed E-state index contributed by atoms with van der Waals surface area (Å²) in [7, 11) is -3.97. The predicted molar refractivity (Wildman–Crippen MR) is 124 cm³/mol. The number of piperidine rings is 1. The van der Waals surface area contributed by atoms with E-state index in [2.05, 4.69) is 0 Å². The Hall–Kier alpha value is -1.45. The van der Waals surface area contributed by atoms with Crippen LogP contribution in [0.5, 0.6) is 0 Å². The van der Waals surface area contributed by atoms with Crippen molar-refractivity contribution in [2.45, 2.75) is 81.6 Å². The summed E-state index contributed by atoms with van der Waals surface area (Å²) in [6.45, 7) is 9.05. The first kappa shape index (κ1) is 23.3. The van der Waals surface area contributed by atoms with E-state index in [9.17, 15) is 17.6 Å². The molecule has 0 unspecified atom stereocenters. The Kier molecular flexibility index (Phi) is 5.14. The summed E-state index contributed by atoms with van der Waals surface area (Å²) >= 11 is 0. The van der Waals surface area contributed by atoms with Gasteiger partial charge >= 0.3 is 7.12 Å². The summed E-state index contributed by atoms with van der Waals surface area (Å²) < 4.78 is 51.9. The Bertz CT molecular complexity index is 1030. The van der Waals surface area contributed by atoms with Gasteiger partial charge in [-0.25, -0.2) is 12.8 Å². The second-order valence-corrected chi connectivity index (χ2v) is 13.7. The molecule has 0 aromatic heterocycles. The van der Waals surface area contributed by atoms with E-state index in [1.165, 1.54) is 0 Å². The number of rotatable bonds is 5. The van der Waals surface area contributed by atoms with Gasteiger partial charge in [0.05, 0.1) is 27.3 Å². The fourth-order valence-corrected chi connectivity index (χ4v) is 7.44. The van der Waals surface area contributed by atoms with Crippen LogP contribution in [0.2, 0.25) is 0 Å². The number of sulfone groups is 1. The first-order chi connectivity index (χ1) is 15.2. The van der Waals surface area contributed by atoms with Gasteiger partial charge in [0, 0.05) is 13.1 Å². The molecule has 6 nitrogen and oxygen atoms in total. The largest absolute Gasteiger partial charge is 0.494 e. The Morgan fingerprint density at radius 3 is 2.03 bits per heavy atom. The van der Waals surface area contributed by atoms with E-state index in [1.807, 2.05) is 32.6 Å². The molecular formula is C24H33BFNO5S. The highest BCUT2D eigenvalue weighted by atomic mass is 32.2. The summed E-state index contributed by atoms with van der Waals surface area (Å²) in [6, 6.07) is 6.78. The monoisotopic (exact) mass is 477 g/mol. The molecule has 3 aliphatic carbocycles.